The summed E-state index contributed by atoms with van der Waals surface area (Å²) in [6.45, 7) is 3.31. The highest BCUT2D eigenvalue weighted by Crippen LogP contribution is 2.31. The lowest BCUT2D eigenvalue weighted by molar-refractivity contribution is -0.130. The molecule has 0 bridgehead atoms. The Morgan fingerprint density at radius 3 is 2.88 bits per heavy atom. The molecule has 2 atom stereocenters. The lowest BCUT2D eigenvalue weighted by Crippen LogP contribution is -2.42. The summed E-state index contributed by atoms with van der Waals surface area (Å²) in [7, 11) is 1.52. The van der Waals surface area contributed by atoms with Crippen molar-refractivity contribution < 1.29 is 9.53 Å². The Morgan fingerprint density at radius 2 is 2.29 bits per heavy atom. The SMILES string of the molecule is COC(CN)C(=O)NCC1CCN(C2CC2)C1. The van der Waals surface area contributed by atoms with Gasteiger partial charge in [-0.3, -0.25) is 4.79 Å². The highest BCUT2D eigenvalue weighted by Gasteiger charge is 2.34. The predicted octanol–water partition coefficient (Wildman–Crippen LogP) is -0.439. The maximum absolute atomic E-state index is 11.7. The number of carbonyl (C=O) groups is 1. The van der Waals surface area contributed by atoms with Crippen LogP contribution in [0, 0.1) is 5.92 Å². The van der Waals surface area contributed by atoms with E-state index in [0.29, 0.717) is 5.92 Å². The number of nitrogens with one attached hydrogen (secondary N) is 1. The third-order valence-electron chi connectivity index (χ3n) is 3.74. The van der Waals surface area contributed by atoms with Gasteiger partial charge in [0.15, 0.2) is 0 Å². The number of nitrogens with zero attached hydrogens (tertiary/aromatic N) is 1. The van der Waals surface area contributed by atoms with E-state index >= 15 is 0 Å². The van der Waals surface area contributed by atoms with Crippen LogP contribution < -0.4 is 11.1 Å². The minimum Gasteiger partial charge on any atom is -0.370 e. The molecule has 1 heterocycles. The number of amides is 1. The van der Waals surface area contributed by atoms with Gasteiger partial charge in [-0.1, -0.05) is 0 Å². The third kappa shape index (κ3) is 3.40. The highest BCUT2D eigenvalue weighted by atomic mass is 16.5. The van der Waals surface area contributed by atoms with Gasteiger partial charge in [0.05, 0.1) is 0 Å². The molecule has 0 aromatic heterocycles. The maximum Gasteiger partial charge on any atom is 0.250 e. The Hall–Kier alpha value is -0.650. The molecule has 1 aliphatic heterocycles. The van der Waals surface area contributed by atoms with Crippen LogP contribution in [0.5, 0.6) is 0 Å². The molecule has 2 fully saturated rings. The highest BCUT2D eigenvalue weighted by molar-refractivity contribution is 5.80. The number of rotatable bonds is 6. The Kier molecular flexibility index (Phi) is 4.36. The van der Waals surface area contributed by atoms with Crippen LogP contribution in [-0.4, -0.2) is 56.2 Å². The Bertz CT molecular complexity index is 264. The van der Waals surface area contributed by atoms with Crippen LogP contribution in [0.25, 0.3) is 0 Å². The lowest BCUT2D eigenvalue weighted by atomic mass is 10.1. The first kappa shape index (κ1) is 12.8. The topological polar surface area (TPSA) is 67.6 Å². The van der Waals surface area contributed by atoms with Crippen LogP contribution in [0.15, 0.2) is 0 Å². The van der Waals surface area contributed by atoms with Gasteiger partial charge in [0.25, 0.3) is 0 Å². The first-order valence-electron chi connectivity index (χ1n) is 6.49. The minimum absolute atomic E-state index is 0.0835. The fraction of sp³-hybridized carbons (Fsp3) is 0.917. The maximum atomic E-state index is 11.7. The van der Waals surface area contributed by atoms with Crippen LogP contribution in [-0.2, 0) is 9.53 Å². The molecule has 0 aromatic rings. The molecule has 2 aliphatic rings. The molecule has 5 nitrogen and oxygen atoms in total. The summed E-state index contributed by atoms with van der Waals surface area (Å²) in [4.78, 5) is 14.2. The second-order valence-corrected chi connectivity index (χ2v) is 5.09. The second-order valence-electron chi connectivity index (χ2n) is 5.09. The Balaban J connectivity index is 1.66. The fourth-order valence-corrected chi connectivity index (χ4v) is 2.47. The van der Waals surface area contributed by atoms with Crippen molar-refractivity contribution in [2.45, 2.75) is 31.4 Å². The number of nitrogens with two attached hydrogens (primary N) is 1. The summed E-state index contributed by atoms with van der Waals surface area (Å²) in [6.07, 6.45) is 3.41. The van der Waals surface area contributed by atoms with Crippen molar-refractivity contribution in [2.24, 2.45) is 11.7 Å². The van der Waals surface area contributed by atoms with E-state index in [4.69, 9.17) is 10.5 Å². The fourth-order valence-electron chi connectivity index (χ4n) is 2.47. The van der Waals surface area contributed by atoms with Crippen molar-refractivity contribution in [3.05, 3.63) is 0 Å². The number of hydrogen-bond acceptors (Lipinski definition) is 4. The molecular weight excluding hydrogens is 218 g/mol. The summed E-state index contributed by atoms with van der Waals surface area (Å²) >= 11 is 0. The normalized spacial score (nSPS) is 27.1. The van der Waals surface area contributed by atoms with E-state index in [2.05, 4.69) is 10.2 Å². The van der Waals surface area contributed by atoms with Crippen molar-refractivity contribution in [3.63, 3.8) is 0 Å². The van der Waals surface area contributed by atoms with E-state index in [9.17, 15) is 4.79 Å². The molecule has 0 aromatic carbocycles. The largest absolute Gasteiger partial charge is 0.370 e. The van der Waals surface area contributed by atoms with Gasteiger partial charge >= 0.3 is 0 Å². The molecule has 1 amide bonds. The zero-order chi connectivity index (χ0) is 12.3. The molecule has 0 radical (unpaired) electrons. The average molecular weight is 241 g/mol. The Labute approximate surface area is 103 Å². The van der Waals surface area contributed by atoms with E-state index in [1.165, 1.54) is 32.9 Å². The van der Waals surface area contributed by atoms with Gasteiger partial charge in [-0.25, -0.2) is 0 Å². The third-order valence-corrected chi connectivity index (χ3v) is 3.74. The zero-order valence-electron chi connectivity index (χ0n) is 10.5. The number of hydrogen-bond donors (Lipinski definition) is 2. The van der Waals surface area contributed by atoms with E-state index < -0.39 is 6.10 Å². The summed E-state index contributed by atoms with van der Waals surface area (Å²) < 4.78 is 5.00. The summed E-state index contributed by atoms with van der Waals surface area (Å²) in [5.74, 6) is 0.509. The first-order valence-corrected chi connectivity index (χ1v) is 6.49. The molecule has 2 rings (SSSR count). The molecule has 2 unspecified atom stereocenters. The molecule has 0 spiro atoms. The Morgan fingerprint density at radius 1 is 1.53 bits per heavy atom. The van der Waals surface area contributed by atoms with Gasteiger partial charge in [0, 0.05) is 32.8 Å². The summed E-state index contributed by atoms with van der Waals surface area (Å²) in [5, 5.41) is 2.94. The van der Waals surface area contributed by atoms with Crippen molar-refractivity contribution in [1.82, 2.24) is 10.2 Å². The lowest BCUT2D eigenvalue weighted by Gasteiger charge is -2.17. The van der Waals surface area contributed by atoms with Crippen LogP contribution in [0.4, 0.5) is 0 Å². The molecular formula is C12H23N3O2. The van der Waals surface area contributed by atoms with E-state index in [1.54, 1.807) is 0 Å². The van der Waals surface area contributed by atoms with Crippen LogP contribution in [0.1, 0.15) is 19.3 Å². The predicted molar refractivity (Wildman–Crippen MR) is 65.6 cm³/mol. The van der Waals surface area contributed by atoms with E-state index in [-0.39, 0.29) is 12.5 Å². The van der Waals surface area contributed by atoms with Gasteiger partial charge < -0.3 is 20.7 Å². The smallest absolute Gasteiger partial charge is 0.250 e. The van der Waals surface area contributed by atoms with Gasteiger partial charge in [-0.15, -0.1) is 0 Å². The molecule has 1 saturated carbocycles. The quantitative estimate of drug-likeness (QED) is 0.661. The van der Waals surface area contributed by atoms with Crippen LogP contribution in [0.2, 0.25) is 0 Å². The first-order chi connectivity index (χ1) is 8.24. The standard InChI is InChI=1S/C12H23N3O2/c1-17-11(6-13)12(16)14-7-9-4-5-15(8-9)10-2-3-10/h9-11H,2-8,13H2,1H3,(H,14,16). The van der Waals surface area contributed by atoms with Gasteiger partial charge in [-0.2, -0.15) is 0 Å². The number of likely N-dealkylation sites (tertiary alicyclic amines) is 1. The molecule has 5 heteroatoms. The van der Waals surface area contributed by atoms with Crippen molar-refractivity contribution in [2.75, 3.05) is 33.3 Å². The van der Waals surface area contributed by atoms with Crippen LogP contribution in [0.3, 0.4) is 0 Å². The van der Waals surface area contributed by atoms with E-state index in [0.717, 1.165) is 19.1 Å². The molecule has 3 N–H and O–H groups in total. The summed E-state index contributed by atoms with van der Waals surface area (Å²) in [6, 6.07) is 0.839. The zero-order valence-corrected chi connectivity index (χ0v) is 10.5. The van der Waals surface area contributed by atoms with Crippen LogP contribution >= 0.6 is 0 Å². The minimum atomic E-state index is -0.504. The number of carbonyl (C=O) groups excluding carboxylic acids is 1. The number of methoxy groups -OCH3 is 1. The van der Waals surface area contributed by atoms with Gasteiger partial charge in [-0.05, 0) is 31.7 Å². The van der Waals surface area contributed by atoms with Crippen molar-refractivity contribution in [1.29, 1.82) is 0 Å². The van der Waals surface area contributed by atoms with Gasteiger partial charge in [0.2, 0.25) is 5.91 Å². The van der Waals surface area contributed by atoms with Crippen molar-refractivity contribution >= 4 is 5.91 Å². The molecule has 17 heavy (non-hydrogen) atoms. The molecule has 1 saturated heterocycles. The van der Waals surface area contributed by atoms with Crippen molar-refractivity contribution in [3.8, 4) is 0 Å². The van der Waals surface area contributed by atoms with E-state index in [1.807, 2.05) is 0 Å². The monoisotopic (exact) mass is 241 g/mol. The van der Waals surface area contributed by atoms with Gasteiger partial charge in [0.1, 0.15) is 6.10 Å². The summed E-state index contributed by atoms with van der Waals surface area (Å²) in [5.41, 5.74) is 5.44. The molecule has 1 aliphatic carbocycles. The molecule has 98 valence electrons. The second kappa shape index (κ2) is 5.80. The average Bonchev–Trinajstić information content (AvgIpc) is 3.08. The number of ether oxygens (including phenoxy) is 1.